The summed E-state index contributed by atoms with van der Waals surface area (Å²) in [7, 11) is 2.06. The molecule has 1 aliphatic carbocycles. The molecule has 3 rings (SSSR count). The maximum absolute atomic E-state index is 10.2. The van der Waals surface area contributed by atoms with Crippen molar-refractivity contribution >= 4 is 0 Å². The molecule has 0 aromatic carbocycles. The zero-order valence-corrected chi connectivity index (χ0v) is 11.8. The summed E-state index contributed by atoms with van der Waals surface area (Å²) >= 11 is 0. The van der Waals surface area contributed by atoms with Gasteiger partial charge in [-0.2, -0.15) is 0 Å². The highest BCUT2D eigenvalue weighted by molar-refractivity contribution is 5.00. The molecular weight excluding hydrogens is 238 g/mol. The first-order valence-corrected chi connectivity index (χ1v) is 7.63. The van der Waals surface area contributed by atoms with E-state index in [9.17, 15) is 5.11 Å². The zero-order chi connectivity index (χ0) is 13.2. The second-order valence-electron chi connectivity index (χ2n) is 6.19. The van der Waals surface area contributed by atoms with Crippen molar-refractivity contribution in [2.45, 2.75) is 57.2 Å². The number of aliphatic hydroxyl groups is 1. The molecule has 0 radical (unpaired) electrons. The lowest BCUT2D eigenvalue weighted by molar-refractivity contribution is 0.0303. The van der Waals surface area contributed by atoms with Gasteiger partial charge in [0.25, 0.3) is 0 Å². The molecule has 4 heteroatoms. The molecule has 1 saturated carbocycles. The summed E-state index contributed by atoms with van der Waals surface area (Å²) < 4.78 is 2.11. The van der Waals surface area contributed by atoms with Gasteiger partial charge in [0.05, 0.1) is 18.1 Å². The third-order valence-electron chi connectivity index (χ3n) is 4.97. The first kappa shape index (κ1) is 13.1. The highest BCUT2D eigenvalue weighted by Gasteiger charge is 2.36. The van der Waals surface area contributed by atoms with Gasteiger partial charge in [-0.3, -0.25) is 4.90 Å². The maximum atomic E-state index is 10.2. The van der Waals surface area contributed by atoms with Crippen LogP contribution in [0, 0.1) is 5.92 Å². The number of aliphatic hydroxyl groups excluding tert-OH is 1. The fourth-order valence-electron chi connectivity index (χ4n) is 3.86. The molecule has 1 N–H and O–H groups in total. The molecule has 2 fully saturated rings. The summed E-state index contributed by atoms with van der Waals surface area (Å²) in [4.78, 5) is 6.79. The van der Waals surface area contributed by atoms with Gasteiger partial charge in [0, 0.05) is 31.7 Å². The Kier molecular flexibility index (Phi) is 3.89. The average Bonchev–Trinajstić information content (AvgIpc) is 3.00. The van der Waals surface area contributed by atoms with E-state index in [1.807, 2.05) is 12.5 Å². The van der Waals surface area contributed by atoms with Gasteiger partial charge in [-0.25, -0.2) is 4.98 Å². The second-order valence-corrected chi connectivity index (χ2v) is 6.19. The number of imidazole rings is 1. The molecule has 1 saturated heterocycles. The average molecular weight is 263 g/mol. The Hall–Kier alpha value is -0.870. The summed E-state index contributed by atoms with van der Waals surface area (Å²) in [6, 6.07) is 0.571. The van der Waals surface area contributed by atoms with Crippen LogP contribution >= 0.6 is 0 Å². The summed E-state index contributed by atoms with van der Waals surface area (Å²) in [6.07, 6.45) is 11.0. The van der Waals surface area contributed by atoms with Gasteiger partial charge in [-0.1, -0.05) is 12.8 Å². The third kappa shape index (κ3) is 2.70. The molecule has 106 valence electrons. The van der Waals surface area contributed by atoms with Gasteiger partial charge in [0.2, 0.25) is 0 Å². The Morgan fingerprint density at radius 2 is 2.16 bits per heavy atom. The van der Waals surface area contributed by atoms with E-state index >= 15 is 0 Å². The van der Waals surface area contributed by atoms with E-state index in [1.165, 1.54) is 44.3 Å². The highest BCUT2D eigenvalue weighted by atomic mass is 16.3. The quantitative estimate of drug-likeness (QED) is 0.906. The predicted molar refractivity (Wildman–Crippen MR) is 74.6 cm³/mol. The second kappa shape index (κ2) is 5.63. The SMILES string of the molecule is Cn1cncc1CN1CCCCC1C1CCCC1O. The molecule has 1 aromatic rings. The van der Waals surface area contributed by atoms with E-state index in [0.29, 0.717) is 12.0 Å². The minimum Gasteiger partial charge on any atom is -0.393 e. The standard InChI is InChI=1S/C15H25N3O/c1-17-11-16-9-12(17)10-18-8-3-2-6-14(18)13-5-4-7-15(13)19/h9,11,13-15,19H,2-8,10H2,1H3. The number of aromatic nitrogens is 2. The normalized spacial score (nSPS) is 32.8. The number of hydrogen-bond donors (Lipinski definition) is 1. The summed E-state index contributed by atoms with van der Waals surface area (Å²) in [5.41, 5.74) is 1.28. The van der Waals surface area contributed by atoms with Crippen LogP contribution in [-0.2, 0) is 13.6 Å². The first-order chi connectivity index (χ1) is 9.25. The molecule has 19 heavy (non-hydrogen) atoms. The first-order valence-electron chi connectivity index (χ1n) is 7.63. The van der Waals surface area contributed by atoms with Crippen LogP contribution in [0.15, 0.2) is 12.5 Å². The lowest BCUT2D eigenvalue weighted by Crippen LogP contribution is -2.46. The van der Waals surface area contributed by atoms with Crippen LogP contribution in [0.4, 0.5) is 0 Å². The molecule has 0 bridgehead atoms. The molecule has 4 nitrogen and oxygen atoms in total. The van der Waals surface area contributed by atoms with Crippen LogP contribution in [0.1, 0.15) is 44.2 Å². The minimum atomic E-state index is -0.0721. The number of rotatable bonds is 3. The largest absolute Gasteiger partial charge is 0.393 e. The van der Waals surface area contributed by atoms with Crippen molar-refractivity contribution < 1.29 is 5.11 Å². The number of aryl methyl sites for hydroxylation is 1. The molecule has 1 aliphatic heterocycles. The number of likely N-dealkylation sites (tertiary alicyclic amines) is 1. The summed E-state index contributed by atoms with van der Waals surface area (Å²) in [6.45, 7) is 2.14. The van der Waals surface area contributed by atoms with Crippen molar-refractivity contribution in [1.29, 1.82) is 0 Å². The van der Waals surface area contributed by atoms with Crippen LogP contribution < -0.4 is 0 Å². The van der Waals surface area contributed by atoms with Gasteiger partial charge in [-0.05, 0) is 32.2 Å². The lowest BCUT2D eigenvalue weighted by Gasteiger charge is -2.40. The molecule has 3 atom stereocenters. The third-order valence-corrected chi connectivity index (χ3v) is 4.97. The van der Waals surface area contributed by atoms with Crippen molar-refractivity contribution in [2.24, 2.45) is 13.0 Å². The summed E-state index contributed by atoms with van der Waals surface area (Å²) in [5.74, 6) is 0.494. The highest BCUT2D eigenvalue weighted by Crippen LogP contribution is 2.35. The van der Waals surface area contributed by atoms with Crippen molar-refractivity contribution in [1.82, 2.24) is 14.5 Å². The Morgan fingerprint density at radius 1 is 1.26 bits per heavy atom. The molecule has 2 aliphatic rings. The van der Waals surface area contributed by atoms with Crippen molar-refractivity contribution in [2.75, 3.05) is 6.54 Å². The Labute approximate surface area is 115 Å². The van der Waals surface area contributed by atoms with Gasteiger partial charge >= 0.3 is 0 Å². The van der Waals surface area contributed by atoms with E-state index in [2.05, 4.69) is 21.5 Å². The maximum Gasteiger partial charge on any atom is 0.0945 e. The molecular formula is C15H25N3O. The Bertz CT molecular complexity index is 417. The number of hydrogen-bond acceptors (Lipinski definition) is 3. The topological polar surface area (TPSA) is 41.3 Å². The Balaban J connectivity index is 1.72. The van der Waals surface area contributed by atoms with Crippen molar-refractivity contribution in [3.8, 4) is 0 Å². The van der Waals surface area contributed by atoms with Crippen LogP contribution in [0.5, 0.6) is 0 Å². The van der Waals surface area contributed by atoms with E-state index < -0.39 is 0 Å². The zero-order valence-electron chi connectivity index (χ0n) is 11.8. The van der Waals surface area contributed by atoms with Crippen molar-refractivity contribution in [3.05, 3.63) is 18.2 Å². The molecule has 0 spiro atoms. The monoisotopic (exact) mass is 263 g/mol. The van der Waals surface area contributed by atoms with Gasteiger partial charge in [0.1, 0.15) is 0 Å². The fourth-order valence-corrected chi connectivity index (χ4v) is 3.86. The van der Waals surface area contributed by atoms with E-state index in [-0.39, 0.29) is 6.10 Å². The van der Waals surface area contributed by atoms with Crippen LogP contribution in [0.3, 0.4) is 0 Å². The fraction of sp³-hybridized carbons (Fsp3) is 0.800. The number of nitrogens with zero attached hydrogens (tertiary/aromatic N) is 3. The van der Waals surface area contributed by atoms with Crippen LogP contribution in [0.25, 0.3) is 0 Å². The molecule has 2 heterocycles. The molecule has 0 amide bonds. The smallest absolute Gasteiger partial charge is 0.0945 e. The van der Waals surface area contributed by atoms with Gasteiger partial charge in [0.15, 0.2) is 0 Å². The van der Waals surface area contributed by atoms with Gasteiger partial charge in [-0.15, -0.1) is 0 Å². The predicted octanol–water partition coefficient (Wildman–Crippen LogP) is 1.94. The van der Waals surface area contributed by atoms with E-state index in [1.54, 1.807) is 0 Å². The van der Waals surface area contributed by atoms with Crippen LogP contribution in [0.2, 0.25) is 0 Å². The van der Waals surface area contributed by atoms with E-state index in [0.717, 1.165) is 13.0 Å². The van der Waals surface area contributed by atoms with Gasteiger partial charge < -0.3 is 9.67 Å². The van der Waals surface area contributed by atoms with E-state index in [4.69, 9.17) is 0 Å². The van der Waals surface area contributed by atoms with Crippen molar-refractivity contribution in [3.63, 3.8) is 0 Å². The molecule has 3 unspecified atom stereocenters. The van der Waals surface area contributed by atoms with Crippen LogP contribution in [-0.4, -0.2) is 38.2 Å². The Morgan fingerprint density at radius 3 is 2.84 bits per heavy atom. The lowest BCUT2D eigenvalue weighted by atomic mass is 9.87. The number of piperidine rings is 1. The molecule has 1 aromatic heterocycles. The summed E-state index contributed by atoms with van der Waals surface area (Å²) in [5, 5.41) is 10.2. The minimum absolute atomic E-state index is 0.0721.